The number of para-hydroxylation sites is 1. The van der Waals surface area contributed by atoms with Gasteiger partial charge in [-0.1, -0.05) is 30.3 Å². The standard InChI is InChI=1S/C27H31N5O8S/c28-18(13-41)24(36)30-20(9-14-5-7-16(33)8-6-14)25(37)31-21(26(38)32-22(27(39)40)11-23(34)35)10-15-12-29-19-4-2-1-3-17(15)19/h1-8,12,18,20-22,29,33,41H,9-11,13,28H2,(H,30,36)(H,31,37)(H,32,38)(H,34,35)(H,39,40). The summed E-state index contributed by atoms with van der Waals surface area (Å²) in [5.74, 6) is -5.36. The highest BCUT2D eigenvalue weighted by Gasteiger charge is 2.32. The Morgan fingerprint density at radius 2 is 1.41 bits per heavy atom. The van der Waals surface area contributed by atoms with Gasteiger partial charge >= 0.3 is 11.9 Å². The highest BCUT2D eigenvalue weighted by atomic mass is 32.1. The number of phenolic OH excluding ortho intramolecular Hbond substituents is 1. The first kappa shape index (κ1) is 31.0. The molecule has 14 heteroatoms. The Hall–Kier alpha value is -4.56. The number of carboxylic acid groups (broad SMARTS) is 2. The second-order valence-corrected chi connectivity index (χ2v) is 9.71. The van der Waals surface area contributed by atoms with Crippen LogP contribution in [0.2, 0.25) is 0 Å². The molecule has 0 saturated heterocycles. The van der Waals surface area contributed by atoms with Crippen molar-refractivity contribution < 1.29 is 39.3 Å². The Morgan fingerprint density at radius 3 is 2.02 bits per heavy atom. The Labute approximate surface area is 239 Å². The fourth-order valence-corrected chi connectivity index (χ4v) is 4.25. The predicted octanol–water partition coefficient (Wildman–Crippen LogP) is -0.0705. The van der Waals surface area contributed by atoms with Crippen LogP contribution >= 0.6 is 12.6 Å². The van der Waals surface area contributed by atoms with Crippen molar-refractivity contribution in [1.29, 1.82) is 0 Å². The van der Waals surface area contributed by atoms with E-state index in [1.54, 1.807) is 30.5 Å². The van der Waals surface area contributed by atoms with Crippen LogP contribution in [0.4, 0.5) is 0 Å². The van der Waals surface area contributed by atoms with Gasteiger partial charge in [-0.25, -0.2) is 4.79 Å². The molecule has 0 radical (unpaired) electrons. The molecular formula is C27H31N5O8S. The molecule has 0 aliphatic heterocycles. The number of aromatic hydroxyl groups is 1. The molecule has 3 amide bonds. The molecule has 0 aliphatic carbocycles. The van der Waals surface area contributed by atoms with Crippen LogP contribution in [-0.4, -0.2) is 79.9 Å². The van der Waals surface area contributed by atoms with Crippen LogP contribution in [0.5, 0.6) is 5.75 Å². The molecule has 1 aromatic heterocycles. The number of amides is 3. The molecule has 1 heterocycles. The van der Waals surface area contributed by atoms with Gasteiger partial charge in [0.2, 0.25) is 17.7 Å². The summed E-state index contributed by atoms with van der Waals surface area (Å²) in [6, 6.07) is 7.80. The number of thiol groups is 1. The smallest absolute Gasteiger partial charge is 0.326 e. The number of fused-ring (bicyclic) bond motifs is 1. The van der Waals surface area contributed by atoms with Crippen molar-refractivity contribution in [3.63, 3.8) is 0 Å². The molecule has 0 spiro atoms. The normalized spacial score (nSPS) is 13.9. The lowest BCUT2D eigenvalue weighted by molar-refractivity contribution is -0.147. The van der Waals surface area contributed by atoms with Crippen molar-refractivity contribution in [3.8, 4) is 5.75 Å². The number of nitrogens with one attached hydrogen (secondary N) is 4. The van der Waals surface area contributed by atoms with Gasteiger partial charge in [0, 0.05) is 35.7 Å². The van der Waals surface area contributed by atoms with Gasteiger partial charge < -0.3 is 42.0 Å². The highest BCUT2D eigenvalue weighted by Crippen LogP contribution is 2.19. The number of phenols is 1. The molecule has 0 fully saturated rings. The number of carboxylic acids is 2. The number of hydrogen-bond donors (Lipinski definition) is 9. The van der Waals surface area contributed by atoms with Gasteiger partial charge in [0.15, 0.2) is 0 Å². The molecule has 9 N–H and O–H groups in total. The van der Waals surface area contributed by atoms with E-state index in [1.165, 1.54) is 12.1 Å². The third kappa shape index (κ3) is 8.71. The van der Waals surface area contributed by atoms with Gasteiger partial charge in [0.25, 0.3) is 0 Å². The highest BCUT2D eigenvalue weighted by molar-refractivity contribution is 7.80. The van der Waals surface area contributed by atoms with E-state index in [-0.39, 0.29) is 24.3 Å². The maximum atomic E-state index is 13.5. The number of benzene rings is 2. The Balaban J connectivity index is 1.91. The van der Waals surface area contributed by atoms with Crippen LogP contribution in [0.3, 0.4) is 0 Å². The maximum absolute atomic E-state index is 13.5. The molecule has 3 rings (SSSR count). The van der Waals surface area contributed by atoms with Gasteiger partial charge in [-0.3, -0.25) is 19.2 Å². The van der Waals surface area contributed by atoms with Gasteiger partial charge in [0.1, 0.15) is 23.9 Å². The minimum Gasteiger partial charge on any atom is -0.508 e. The van der Waals surface area contributed by atoms with E-state index in [0.29, 0.717) is 11.1 Å². The molecule has 4 unspecified atom stereocenters. The number of carbonyl (C=O) groups is 5. The number of aliphatic carboxylic acids is 2. The van der Waals surface area contributed by atoms with Crippen molar-refractivity contribution in [2.75, 3.05) is 5.75 Å². The van der Waals surface area contributed by atoms with Crippen LogP contribution in [0.15, 0.2) is 54.7 Å². The van der Waals surface area contributed by atoms with E-state index < -0.39 is 60.2 Å². The van der Waals surface area contributed by atoms with E-state index >= 15 is 0 Å². The molecule has 0 saturated carbocycles. The molecule has 41 heavy (non-hydrogen) atoms. The summed E-state index contributed by atoms with van der Waals surface area (Å²) in [5.41, 5.74) is 7.74. The molecule has 2 aromatic carbocycles. The number of aromatic amines is 1. The minimum absolute atomic E-state index is 0.000642. The number of aromatic nitrogens is 1. The Bertz CT molecular complexity index is 1410. The van der Waals surface area contributed by atoms with Crippen molar-refractivity contribution >= 4 is 53.2 Å². The van der Waals surface area contributed by atoms with Crippen LogP contribution in [0.1, 0.15) is 17.5 Å². The van der Waals surface area contributed by atoms with Crippen LogP contribution < -0.4 is 21.7 Å². The molecule has 4 atom stereocenters. The molecular weight excluding hydrogens is 554 g/mol. The zero-order valence-electron chi connectivity index (χ0n) is 21.7. The lowest BCUT2D eigenvalue weighted by atomic mass is 10.0. The van der Waals surface area contributed by atoms with Crippen LogP contribution in [-0.2, 0) is 36.8 Å². The van der Waals surface area contributed by atoms with E-state index in [2.05, 4.69) is 33.6 Å². The average molecular weight is 586 g/mol. The molecule has 0 aliphatic rings. The summed E-state index contributed by atoms with van der Waals surface area (Å²) in [5, 5.41) is 36.2. The second-order valence-electron chi connectivity index (χ2n) is 9.34. The van der Waals surface area contributed by atoms with E-state index in [9.17, 15) is 34.2 Å². The summed E-state index contributed by atoms with van der Waals surface area (Å²) in [4.78, 5) is 65.2. The minimum atomic E-state index is -1.75. The van der Waals surface area contributed by atoms with E-state index in [4.69, 9.17) is 10.8 Å². The zero-order chi connectivity index (χ0) is 30.1. The van der Waals surface area contributed by atoms with Gasteiger partial charge in [-0.05, 0) is 29.3 Å². The third-order valence-electron chi connectivity index (χ3n) is 6.27. The topological polar surface area (TPSA) is 224 Å². The van der Waals surface area contributed by atoms with Gasteiger partial charge in [0.05, 0.1) is 12.5 Å². The second kappa shape index (κ2) is 14.2. The number of hydrogen-bond acceptors (Lipinski definition) is 8. The van der Waals surface area contributed by atoms with Gasteiger partial charge in [-0.15, -0.1) is 0 Å². The number of nitrogens with two attached hydrogens (primary N) is 1. The largest absolute Gasteiger partial charge is 0.508 e. The third-order valence-corrected chi connectivity index (χ3v) is 6.66. The maximum Gasteiger partial charge on any atom is 0.326 e. The lowest BCUT2D eigenvalue weighted by Crippen LogP contribution is -2.58. The molecule has 13 nitrogen and oxygen atoms in total. The lowest BCUT2D eigenvalue weighted by Gasteiger charge is -2.25. The summed E-state index contributed by atoms with van der Waals surface area (Å²) in [6.45, 7) is 0. The monoisotopic (exact) mass is 585 g/mol. The number of H-pyrrole nitrogens is 1. The summed E-state index contributed by atoms with van der Waals surface area (Å²) in [6.07, 6.45) is 0.646. The fourth-order valence-electron chi connectivity index (χ4n) is 4.09. The van der Waals surface area contributed by atoms with Crippen molar-refractivity contribution in [3.05, 3.63) is 65.9 Å². The zero-order valence-corrected chi connectivity index (χ0v) is 22.6. The molecule has 3 aromatic rings. The van der Waals surface area contributed by atoms with Crippen molar-refractivity contribution in [2.45, 2.75) is 43.4 Å². The van der Waals surface area contributed by atoms with Crippen LogP contribution in [0, 0.1) is 0 Å². The first-order valence-corrected chi connectivity index (χ1v) is 13.2. The van der Waals surface area contributed by atoms with Crippen molar-refractivity contribution in [1.82, 2.24) is 20.9 Å². The summed E-state index contributed by atoms with van der Waals surface area (Å²) >= 11 is 4.01. The first-order valence-electron chi connectivity index (χ1n) is 12.5. The van der Waals surface area contributed by atoms with Crippen molar-refractivity contribution in [2.24, 2.45) is 5.73 Å². The molecule has 218 valence electrons. The van der Waals surface area contributed by atoms with E-state index in [0.717, 1.165) is 10.9 Å². The molecule has 0 bridgehead atoms. The Kier molecular flexibility index (Phi) is 10.7. The quantitative estimate of drug-likeness (QED) is 0.115. The van der Waals surface area contributed by atoms with E-state index in [1.807, 2.05) is 12.1 Å². The predicted molar refractivity (Wildman–Crippen MR) is 151 cm³/mol. The average Bonchev–Trinajstić information content (AvgIpc) is 3.34. The van der Waals surface area contributed by atoms with Crippen LogP contribution in [0.25, 0.3) is 10.9 Å². The fraction of sp³-hybridized carbons (Fsp3) is 0.296. The van der Waals surface area contributed by atoms with Gasteiger partial charge in [-0.2, -0.15) is 12.6 Å². The number of carbonyl (C=O) groups excluding carboxylic acids is 3. The Morgan fingerprint density at radius 1 is 0.829 bits per heavy atom. The summed E-state index contributed by atoms with van der Waals surface area (Å²) < 4.78 is 0. The number of rotatable bonds is 14. The first-order chi connectivity index (χ1) is 19.5. The SMILES string of the molecule is NC(CS)C(=O)NC(Cc1ccc(O)cc1)C(=O)NC(Cc1c[nH]c2ccccc12)C(=O)NC(CC(=O)O)C(=O)O. The summed E-state index contributed by atoms with van der Waals surface area (Å²) in [7, 11) is 0.